The van der Waals surface area contributed by atoms with Gasteiger partial charge in [0.15, 0.2) is 0 Å². The zero-order chi connectivity index (χ0) is 28.9. The van der Waals surface area contributed by atoms with Crippen LogP contribution in [0, 0.1) is 6.92 Å². The molecule has 2 aromatic heterocycles. The molecule has 0 bridgehead atoms. The Kier molecular flexibility index (Phi) is 6.82. The second-order valence-corrected chi connectivity index (χ2v) is 13.1. The van der Waals surface area contributed by atoms with E-state index in [9.17, 15) is 17.8 Å². The Morgan fingerprint density at radius 2 is 1.46 bits per heavy atom. The normalized spacial score (nSPS) is 11.7. The van der Waals surface area contributed by atoms with Crippen LogP contribution in [0.25, 0.3) is 41.6 Å². The van der Waals surface area contributed by atoms with E-state index >= 15 is 0 Å². The number of carbonyl (C=O) groups excluding carboxylic acids is 1. The molecule has 6 rings (SSSR count). The molecule has 2 N–H and O–H groups in total. The van der Waals surface area contributed by atoms with Crippen LogP contribution in [0.3, 0.4) is 0 Å². The average molecular weight is 601 g/mol. The minimum absolute atomic E-state index is 0.0956. The van der Waals surface area contributed by atoms with Gasteiger partial charge in [-0.15, -0.1) is 22.7 Å². The maximum Gasteiger partial charge on any atom is 0.296 e. The number of amides is 1. The van der Waals surface area contributed by atoms with Crippen LogP contribution in [-0.4, -0.2) is 42.9 Å². The maximum absolute atomic E-state index is 12.7. The molecule has 0 spiro atoms. The second-order valence-electron chi connectivity index (χ2n) is 9.73. The monoisotopic (exact) mass is 600 g/mol. The molecule has 6 aromatic rings. The maximum atomic E-state index is 12.7. The van der Waals surface area contributed by atoms with E-state index < -0.39 is 10.1 Å². The molecule has 206 valence electrons. The molecule has 8 nitrogen and oxygen atoms in total. The van der Waals surface area contributed by atoms with E-state index in [1.54, 1.807) is 31.2 Å². The lowest BCUT2D eigenvalue weighted by atomic mass is 10.1. The van der Waals surface area contributed by atoms with Crippen LogP contribution in [0.5, 0.6) is 0 Å². The molecular formula is C30H24N4O4S3. The molecule has 2 heterocycles. The zero-order valence-electron chi connectivity index (χ0n) is 22.2. The number of carbonyl (C=O) groups is 1. The molecule has 1 amide bonds. The summed E-state index contributed by atoms with van der Waals surface area (Å²) in [6.07, 6.45) is 0. The number of aromatic nitrogens is 2. The van der Waals surface area contributed by atoms with Gasteiger partial charge in [-0.05, 0) is 85.3 Å². The van der Waals surface area contributed by atoms with Gasteiger partial charge in [0.05, 0.1) is 20.4 Å². The molecule has 4 aromatic carbocycles. The van der Waals surface area contributed by atoms with Gasteiger partial charge in [-0.2, -0.15) is 8.42 Å². The van der Waals surface area contributed by atoms with Gasteiger partial charge in [-0.1, -0.05) is 6.07 Å². The van der Waals surface area contributed by atoms with Gasteiger partial charge >= 0.3 is 0 Å². The predicted molar refractivity (Wildman–Crippen MR) is 167 cm³/mol. The third-order valence-corrected chi connectivity index (χ3v) is 10.0. The molecule has 0 saturated carbocycles. The highest BCUT2D eigenvalue weighted by atomic mass is 32.2. The van der Waals surface area contributed by atoms with Gasteiger partial charge in [0, 0.05) is 42.2 Å². The lowest BCUT2D eigenvalue weighted by molar-refractivity contribution is 0.102. The smallest absolute Gasteiger partial charge is 0.296 e. The number of benzene rings is 4. The van der Waals surface area contributed by atoms with Gasteiger partial charge in [0.2, 0.25) is 0 Å². The molecule has 41 heavy (non-hydrogen) atoms. The standard InChI is InChI=1S/C30H24N4O4S3/c1-17-4-14-24-26(27(17)41(36,37)38)40-30(33-24)20-9-15-23-25(16-20)39-29(32-23)19-5-10-21(11-6-19)31-28(35)18-7-12-22(13-8-18)34(2)3/h4-16H,1-3H3,(H,31,35)(H,36,37,38). The summed E-state index contributed by atoms with van der Waals surface area (Å²) in [5.41, 5.74) is 5.89. The van der Waals surface area contributed by atoms with Gasteiger partial charge in [0.1, 0.15) is 14.9 Å². The first-order valence-electron chi connectivity index (χ1n) is 12.5. The molecule has 0 aliphatic rings. The summed E-state index contributed by atoms with van der Waals surface area (Å²) >= 11 is 2.77. The topological polar surface area (TPSA) is 112 Å². The van der Waals surface area contributed by atoms with Crippen LogP contribution in [0.2, 0.25) is 0 Å². The van der Waals surface area contributed by atoms with Gasteiger partial charge in [-0.25, -0.2) is 9.97 Å². The van der Waals surface area contributed by atoms with E-state index in [2.05, 4.69) is 10.3 Å². The lowest BCUT2D eigenvalue weighted by Crippen LogP contribution is -2.13. The first-order chi connectivity index (χ1) is 19.6. The van der Waals surface area contributed by atoms with E-state index in [-0.39, 0.29) is 10.8 Å². The van der Waals surface area contributed by atoms with Crippen molar-refractivity contribution in [1.29, 1.82) is 0 Å². The quantitative estimate of drug-likeness (QED) is 0.196. The Bertz CT molecular complexity index is 2050. The third-order valence-electron chi connectivity index (χ3n) is 6.64. The Morgan fingerprint density at radius 1 is 0.829 bits per heavy atom. The minimum atomic E-state index is -4.38. The van der Waals surface area contributed by atoms with Crippen LogP contribution < -0.4 is 10.2 Å². The number of nitrogens with zero attached hydrogens (tertiary/aromatic N) is 3. The second kappa shape index (κ2) is 10.3. The fourth-order valence-electron chi connectivity index (χ4n) is 4.50. The molecule has 11 heteroatoms. The van der Waals surface area contributed by atoms with Crippen molar-refractivity contribution in [3.05, 3.63) is 90.0 Å². The van der Waals surface area contributed by atoms with Crippen molar-refractivity contribution >= 4 is 70.5 Å². The summed E-state index contributed by atoms with van der Waals surface area (Å²) in [6, 6.07) is 24.2. The first kappa shape index (κ1) is 27.0. The van der Waals surface area contributed by atoms with Crippen LogP contribution in [0.1, 0.15) is 15.9 Å². The van der Waals surface area contributed by atoms with E-state index in [0.717, 1.165) is 32.0 Å². The zero-order valence-corrected chi connectivity index (χ0v) is 24.7. The molecule has 0 radical (unpaired) electrons. The number of nitrogens with one attached hydrogen (secondary N) is 1. The van der Waals surface area contributed by atoms with Crippen LogP contribution >= 0.6 is 22.7 Å². The van der Waals surface area contributed by atoms with Crippen LogP contribution in [0.4, 0.5) is 11.4 Å². The number of hydrogen-bond acceptors (Lipinski definition) is 8. The fourth-order valence-corrected chi connectivity index (χ4v) is 7.82. The fraction of sp³-hybridized carbons (Fsp3) is 0.100. The largest absolute Gasteiger partial charge is 0.378 e. The molecule has 0 aliphatic carbocycles. The number of anilines is 2. The van der Waals surface area contributed by atoms with E-state index in [1.165, 1.54) is 22.7 Å². The summed E-state index contributed by atoms with van der Waals surface area (Å²) < 4.78 is 35.2. The number of aryl methyl sites for hydroxylation is 1. The van der Waals surface area contributed by atoms with E-state index in [1.807, 2.05) is 73.6 Å². The summed E-state index contributed by atoms with van der Waals surface area (Å²) in [5, 5.41) is 4.43. The predicted octanol–water partition coefficient (Wildman–Crippen LogP) is 7.11. The van der Waals surface area contributed by atoms with E-state index in [4.69, 9.17) is 4.98 Å². The molecule has 0 aliphatic heterocycles. The summed E-state index contributed by atoms with van der Waals surface area (Å²) in [7, 11) is -0.476. The first-order valence-corrected chi connectivity index (χ1v) is 15.6. The Morgan fingerprint density at radius 3 is 2.15 bits per heavy atom. The Hall–Kier alpha value is -4.16. The highest BCUT2D eigenvalue weighted by Crippen LogP contribution is 2.38. The van der Waals surface area contributed by atoms with Crippen molar-refractivity contribution in [3.63, 3.8) is 0 Å². The van der Waals surface area contributed by atoms with Crippen molar-refractivity contribution in [1.82, 2.24) is 9.97 Å². The highest BCUT2D eigenvalue weighted by molar-refractivity contribution is 7.86. The number of rotatable bonds is 6. The Balaban J connectivity index is 1.24. The summed E-state index contributed by atoms with van der Waals surface area (Å²) in [4.78, 5) is 24.0. The van der Waals surface area contributed by atoms with Crippen LogP contribution in [-0.2, 0) is 10.1 Å². The summed E-state index contributed by atoms with van der Waals surface area (Å²) in [5.74, 6) is -0.177. The number of fused-ring (bicyclic) bond motifs is 2. The van der Waals surface area contributed by atoms with Crippen molar-refractivity contribution < 1.29 is 17.8 Å². The lowest BCUT2D eigenvalue weighted by Gasteiger charge is -2.12. The van der Waals surface area contributed by atoms with Crippen molar-refractivity contribution in [3.8, 4) is 21.1 Å². The Labute approximate surface area is 244 Å². The van der Waals surface area contributed by atoms with Crippen molar-refractivity contribution in [2.24, 2.45) is 0 Å². The van der Waals surface area contributed by atoms with Crippen LogP contribution in [0.15, 0.2) is 83.8 Å². The number of hydrogen-bond donors (Lipinski definition) is 2. The summed E-state index contributed by atoms with van der Waals surface area (Å²) in [6.45, 7) is 1.65. The number of thiazole rings is 2. The SMILES string of the molecule is Cc1ccc2nc(-c3ccc4nc(-c5ccc(NC(=O)c6ccc(N(C)C)cc6)cc5)sc4c3)sc2c1S(=O)(=O)O. The third kappa shape index (κ3) is 5.32. The van der Waals surface area contributed by atoms with Gasteiger partial charge in [0.25, 0.3) is 16.0 Å². The van der Waals surface area contributed by atoms with Gasteiger partial charge in [-0.3, -0.25) is 9.35 Å². The molecule has 0 unspecified atom stereocenters. The van der Waals surface area contributed by atoms with E-state index in [0.29, 0.717) is 32.0 Å². The van der Waals surface area contributed by atoms with Crippen molar-refractivity contribution in [2.45, 2.75) is 11.8 Å². The molecule has 0 atom stereocenters. The minimum Gasteiger partial charge on any atom is -0.378 e. The molecular weight excluding hydrogens is 577 g/mol. The highest BCUT2D eigenvalue weighted by Gasteiger charge is 2.21. The average Bonchev–Trinajstić information content (AvgIpc) is 3.56. The molecule has 0 fully saturated rings. The van der Waals surface area contributed by atoms with Crippen molar-refractivity contribution in [2.75, 3.05) is 24.3 Å². The van der Waals surface area contributed by atoms with Gasteiger partial charge < -0.3 is 10.2 Å². The molecule has 0 saturated heterocycles.